The summed E-state index contributed by atoms with van der Waals surface area (Å²) in [6.45, 7) is 3.88. The molecule has 0 atom stereocenters. The first kappa shape index (κ1) is 11.3. The van der Waals surface area contributed by atoms with Gasteiger partial charge in [-0.25, -0.2) is 9.52 Å². The van der Waals surface area contributed by atoms with Crippen LogP contribution in [-0.2, 0) is 4.84 Å². The van der Waals surface area contributed by atoms with E-state index in [0.717, 1.165) is 16.8 Å². The van der Waals surface area contributed by atoms with Gasteiger partial charge in [-0.05, 0) is 31.0 Å². The van der Waals surface area contributed by atoms with Gasteiger partial charge in [0.05, 0.1) is 10.6 Å². The van der Waals surface area contributed by atoms with Crippen LogP contribution in [0.5, 0.6) is 0 Å². The maximum atomic E-state index is 11.4. The lowest BCUT2D eigenvalue weighted by molar-refractivity contribution is -0.736. The van der Waals surface area contributed by atoms with Crippen LogP contribution in [-0.4, -0.2) is 21.8 Å². The lowest BCUT2D eigenvalue weighted by atomic mass is 10.1. The van der Waals surface area contributed by atoms with E-state index in [-0.39, 0.29) is 0 Å². The first-order chi connectivity index (χ1) is 8.13. The zero-order valence-electron chi connectivity index (χ0n) is 10.0. The lowest BCUT2D eigenvalue weighted by Crippen LogP contribution is -2.04. The predicted molar refractivity (Wildman–Crippen MR) is 63.3 cm³/mol. The summed E-state index contributed by atoms with van der Waals surface area (Å²) in [5.41, 5.74) is 3.42. The fraction of sp³-hybridized carbons (Fsp3) is 0.250. The van der Waals surface area contributed by atoms with E-state index < -0.39 is 0 Å². The molecule has 0 spiro atoms. The summed E-state index contributed by atoms with van der Waals surface area (Å²) in [6, 6.07) is 5.42. The molecule has 0 amide bonds. The Morgan fingerprint density at radius 2 is 1.94 bits per heavy atom. The number of nitrogens with zero attached hydrogens (tertiary/aromatic N) is 3. The Morgan fingerprint density at radius 3 is 2.41 bits per heavy atom. The molecule has 0 unspecified atom stereocenters. The Kier molecular flexibility index (Phi) is 2.91. The van der Waals surface area contributed by atoms with E-state index in [1.807, 2.05) is 26.1 Å². The Balaban J connectivity index is 2.54. The minimum atomic E-state index is 0.485. The highest BCUT2D eigenvalue weighted by Crippen LogP contribution is 2.24. The highest BCUT2D eigenvalue weighted by molar-refractivity contribution is 5.52. The van der Waals surface area contributed by atoms with Crippen molar-refractivity contribution < 1.29 is 9.76 Å². The molecule has 0 radical (unpaired) electrons. The Bertz CT molecular complexity index is 524. The van der Waals surface area contributed by atoms with Crippen molar-refractivity contribution in [3.63, 3.8) is 0 Å². The molecule has 2 rings (SSSR count). The Morgan fingerprint density at radius 1 is 1.29 bits per heavy atom. The van der Waals surface area contributed by atoms with Crippen LogP contribution in [0.4, 0.5) is 5.69 Å². The molecule has 1 heterocycles. The minimum Gasteiger partial charge on any atom is -0.240 e. The summed E-state index contributed by atoms with van der Waals surface area (Å²) in [5.74, 6) is 0. The van der Waals surface area contributed by atoms with Crippen LogP contribution in [0.1, 0.15) is 11.1 Å². The standard InChI is InChI=1S/C12H14N3O2/c1-9-7-11(15(16)17-3)8-10(2)12(9)14-6-4-5-13-14/h4-8H,1-3H3/q+1. The lowest BCUT2D eigenvalue weighted by Gasteiger charge is -2.08. The van der Waals surface area contributed by atoms with E-state index in [2.05, 4.69) is 9.94 Å². The Labute approximate surface area is 99.2 Å². The molecule has 5 heteroatoms. The highest BCUT2D eigenvalue weighted by atomic mass is 16.8. The van der Waals surface area contributed by atoms with Crippen molar-refractivity contribution in [1.82, 2.24) is 9.78 Å². The number of benzene rings is 1. The van der Waals surface area contributed by atoms with E-state index in [1.54, 1.807) is 23.0 Å². The molecule has 17 heavy (non-hydrogen) atoms. The second-order valence-electron chi connectivity index (χ2n) is 3.82. The molecule has 0 aliphatic carbocycles. The van der Waals surface area contributed by atoms with Crippen molar-refractivity contribution in [2.45, 2.75) is 13.8 Å². The number of aryl methyl sites for hydroxylation is 2. The van der Waals surface area contributed by atoms with Crippen LogP contribution < -0.4 is 0 Å². The SMILES string of the molecule is CO[N+](=O)c1cc(C)c(-n2cccn2)c(C)c1. The molecule has 5 nitrogen and oxygen atoms in total. The van der Waals surface area contributed by atoms with E-state index in [1.165, 1.54) is 7.11 Å². The average Bonchev–Trinajstić information content (AvgIpc) is 2.80. The van der Waals surface area contributed by atoms with Crippen LogP contribution >= 0.6 is 0 Å². The van der Waals surface area contributed by atoms with Gasteiger partial charge in [0.25, 0.3) is 4.92 Å². The van der Waals surface area contributed by atoms with E-state index in [0.29, 0.717) is 10.6 Å². The summed E-state index contributed by atoms with van der Waals surface area (Å²) in [6.07, 6.45) is 3.60. The molecular formula is C12H14N3O2+. The largest absolute Gasteiger partial charge is 0.317 e. The molecule has 1 aromatic carbocycles. The third-order valence-electron chi connectivity index (χ3n) is 2.59. The normalized spacial score (nSPS) is 10.3. The molecule has 0 fully saturated rings. The van der Waals surface area contributed by atoms with E-state index in [4.69, 9.17) is 0 Å². The third kappa shape index (κ3) is 2.04. The van der Waals surface area contributed by atoms with Crippen molar-refractivity contribution in [3.8, 4) is 5.69 Å². The molecule has 0 aliphatic rings. The van der Waals surface area contributed by atoms with Gasteiger partial charge in [0.2, 0.25) is 0 Å². The summed E-state index contributed by atoms with van der Waals surface area (Å²) < 4.78 is 1.79. The maximum absolute atomic E-state index is 11.4. The monoisotopic (exact) mass is 232 g/mol. The smallest absolute Gasteiger partial charge is 0.240 e. The Hall–Kier alpha value is -2.17. The molecule has 0 N–H and O–H groups in total. The fourth-order valence-corrected chi connectivity index (χ4v) is 1.91. The van der Waals surface area contributed by atoms with Crippen LogP contribution in [0.25, 0.3) is 5.69 Å². The number of hydrogen-bond donors (Lipinski definition) is 0. The molecule has 2 aromatic rings. The van der Waals surface area contributed by atoms with Crippen LogP contribution in [0, 0.1) is 18.8 Å². The zero-order valence-corrected chi connectivity index (χ0v) is 10.0. The van der Waals surface area contributed by atoms with Crippen LogP contribution in [0.15, 0.2) is 30.6 Å². The van der Waals surface area contributed by atoms with Gasteiger partial charge in [-0.3, -0.25) is 0 Å². The van der Waals surface area contributed by atoms with Gasteiger partial charge < -0.3 is 0 Å². The van der Waals surface area contributed by atoms with Gasteiger partial charge in [0.1, 0.15) is 0 Å². The summed E-state index contributed by atoms with van der Waals surface area (Å²) in [7, 11) is 1.35. The highest BCUT2D eigenvalue weighted by Gasteiger charge is 2.18. The first-order valence-corrected chi connectivity index (χ1v) is 5.26. The second-order valence-corrected chi connectivity index (χ2v) is 3.82. The summed E-state index contributed by atoms with van der Waals surface area (Å²) >= 11 is 0. The maximum Gasteiger partial charge on any atom is 0.317 e. The predicted octanol–water partition coefficient (Wildman–Crippen LogP) is 2.46. The molecule has 0 saturated carbocycles. The van der Waals surface area contributed by atoms with Gasteiger partial charge >= 0.3 is 5.69 Å². The van der Waals surface area contributed by atoms with Gasteiger partial charge in [0.15, 0.2) is 7.11 Å². The summed E-state index contributed by atoms with van der Waals surface area (Å²) in [5, 5.41) is 4.20. The number of hydrogen-bond acceptors (Lipinski definition) is 3. The molecule has 0 aliphatic heterocycles. The third-order valence-corrected chi connectivity index (χ3v) is 2.59. The van der Waals surface area contributed by atoms with E-state index >= 15 is 0 Å². The van der Waals surface area contributed by atoms with Gasteiger partial charge in [-0.1, -0.05) is 0 Å². The zero-order chi connectivity index (χ0) is 12.4. The van der Waals surface area contributed by atoms with Gasteiger partial charge in [-0.15, -0.1) is 0 Å². The molecule has 0 saturated heterocycles. The second kappa shape index (κ2) is 4.37. The van der Waals surface area contributed by atoms with E-state index in [9.17, 15) is 4.91 Å². The topological polar surface area (TPSA) is 47.1 Å². The average molecular weight is 232 g/mol. The number of aromatic nitrogens is 2. The number of rotatable bonds is 3. The van der Waals surface area contributed by atoms with Crippen molar-refractivity contribution in [3.05, 3.63) is 46.6 Å². The minimum absolute atomic E-state index is 0.485. The van der Waals surface area contributed by atoms with Gasteiger partial charge in [-0.2, -0.15) is 5.10 Å². The van der Waals surface area contributed by atoms with Crippen LogP contribution in [0.2, 0.25) is 0 Å². The summed E-state index contributed by atoms with van der Waals surface area (Å²) in [4.78, 5) is 16.5. The molecule has 88 valence electrons. The molecule has 1 aromatic heterocycles. The van der Waals surface area contributed by atoms with Crippen molar-refractivity contribution in [2.75, 3.05) is 7.11 Å². The van der Waals surface area contributed by atoms with Crippen molar-refractivity contribution in [1.29, 1.82) is 0 Å². The van der Waals surface area contributed by atoms with Crippen molar-refractivity contribution >= 4 is 5.69 Å². The van der Waals surface area contributed by atoms with Crippen molar-refractivity contribution in [2.24, 2.45) is 0 Å². The molecule has 0 bridgehead atoms. The molecular weight excluding hydrogens is 218 g/mol. The van der Waals surface area contributed by atoms with Gasteiger partial charge in [0, 0.05) is 24.5 Å². The van der Waals surface area contributed by atoms with Crippen LogP contribution in [0.3, 0.4) is 0 Å². The fourth-order valence-electron chi connectivity index (χ4n) is 1.91. The first-order valence-electron chi connectivity index (χ1n) is 5.26. The quantitative estimate of drug-likeness (QED) is 0.764.